The predicted molar refractivity (Wildman–Crippen MR) is 77.5 cm³/mol. The summed E-state index contributed by atoms with van der Waals surface area (Å²) in [6.45, 7) is 0.647. The second-order valence-electron chi connectivity index (χ2n) is 4.55. The van der Waals surface area contributed by atoms with Gasteiger partial charge in [0.2, 0.25) is 0 Å². The number of ether oxygens (including phenoxy) is 1. The van der Waals surface area contributed by atoms with E-state index in [4.69, 9.17) is 16.3 Å². The molecule has 0 bridgehead atoms. The van der Waals surface area contributed by atoms with Crippen molar-refractivity contribution in [1.29, 1.82) is 0 Å². The van der Waals surface area contributed by atoms with E-state index in [2.05, 4.69) is 0 Å². The summed E-state index contributed by atoms with van der Waals surface area (Å²) in [5.74, 6) is -0.506. The molecule has 2 rings (SSSR count). The first-order chi connectivity index (χ1) is 9.61. The van der Waals surface area contributed by atoms with E-state index < -0.39 is 11.9 Å². The largest absolute Gasteiger partial charge is 0.384 e. The molecular weight excluding hydrogens is 279 g/mol. The van der Waals surface area contributed by atoms with Crippen molar-refractivity contribution in [2.45, 2.75) is 12.5 Å². The monoisotopic (exact) mass is 294 g/mol. The summed E-state index contributed by atoms with van der Waals surface area (Å²) in [5.41, 5.74) is 1.98. The first kappa shape index (κ1) is 15.0. The molecule has 0 saturated heterocycles. The maximum Gasteiger partial charge on any atom is 0.130 e. The van der Waals surface area contributed by atoms with Crippen molar-refractivity contribution in [3.8, 4) is 0 Å². The second kappa shape index (κ2) is 6.84. The molecular formula is C16H16ClFO2. The molecule has 0 spiro atoms. The van der Waals surface area contributed by atoms with Crippen LogP contribution in [0.5, 0.6) is 0 Å². The Morgan fingerprint density at radius 1 is 1.20 bits per heavy atom. The third-order valence-electron chi connectivity index (χ3n) is 3.15. The van der Waals surface area contributed by atoms with Gasteiger partial charge in [-0.25, -0.2) is 4.39 Å². The smallest absolute Gasteiger partial charge is 0.130 e. The fourth-order valence-electron chi connectivity index (χ4n) is 1.99. The van der Waals surface area contributed by atoms with Crippen LogP contribution < -0.4 is 0 Å². The number of rotatable bonds is 5. The van der Waals surface area contributed by atoms with E-state index in [1.54, 1.807) is 25.3 Å². The highest BCUT2D eigenvalue weighted by molar-refractivity contribution is 6.30. The number of methoxy groups -OCH3 is 1. The fraction of sp³-hybridized carbons (Fsp3) is 0.250. The molecule has 2 aromatic rings. The van der Waals surface area contributed by atoms with Crippen molar-refractivity contribution in [3.05, 3.63) is 70.0 Å². The summed E-state index contributed by atoms with van der Waals surface area (Å²) in [6, 6.07) is 11.7. The van der Waals surface area contributed by atoms with Gasteiger partial charge in [-0.05, 0) is 29.7 Å². The van der Waals surface area contributed by atoms with Crippen LogP contribution in [0.4, 0.5) is 4.39 Å². The lowest BCUT2D eigenvalue weighted by atomic mass is 9.99. The Hall–Kier alpha value is -1.42. The van der Waals surface area contributed by atoms with Crippen LogP contribution >= 0.6 is 11.6 Å². The van der Waals surface area contributed by atoms with Crippen LogP contribution in [-0.2, 0) is 11.2 Å². The van der Waals surface area contributed by atoms with Gasteiger partial charge < -0.3 is 9.84 Å². The molecule has 0 amide bonds. The molecule has 0 fully saturated rings. The summed E-state index contributed by atoms with van der Waals surface area (Å²) in [6.07, 6.45) is -0.189. The number of hydrogen-bond acceptors (Lipinski definition) is 2. The number of aliphatic hydroxyl groups is 1. The van der Waals surface area contributed by atoms with Gasteiger partial charge in [0.1, 0.15) is 11.9 Å². The average Bonchev–Trinajstić information content (AvgIpc) is 2.45. The highest BCUT2D eigenvalue weighted by atomic mass is 35.5. The average molecular weight is 295 g/mol. The maximum atomic E-state index is 13.8. The lowest BCUT2D eigenvalue weighted by molar-refractivity contribution is 0.202. The molecule has 20 heavy (non-hydrogen) atoms. The molecule has 0 aliphatic rings. The molecule has 106 valence electrons. The Morgan fingerprint density at radius 3 is 2.50 bits per heavy atom. The van der Waals surface area contributed by atoms with Gasteiger partial charge in [0.15, 0.2) is 0 Å². The zero-order valence-electron chi connectivity index (χ0n) is 11.1. The minimum Gasteiger partial charge on any atom is -0.384 e. The molecule has 1 N–H and O–H groups in total. The van der Waals surface area contributed by atoms with Gasteiger partial charge >= 0.3 is 0 Å². The van der Waals surface area contributed by atoms with Crippen molar-refractivity contribution >= 4 is 11.6 Å². The molecule has 1 unspecified atom stereocenters. The lowest BCUT2D eigenvalue weighted by Crippen LogP contribution is -2.03. The minimum atomic E-state index is -0.997. The Labute approximate surface area is 122 Å². The molecule has 2 aromatic carbocycles. The van der Waals surface area contributed by atoms with Crippen molar-refractivity contribution in [2.24, 2.45) is 0 Å². The molecule has 0 heterocycles. The Bertz CT molecular complexity index is 569. The van der Waals surface area contributed by atoms with Crippen LogP contribution in [0, 0.1) is 5.82 Å². The summed E-state index contributed by atoms with van der Waals surface area (Å²) in [5, 5.41) is 10.5. The van der Waals surface area contributed by atoms with Crippen molar-refractivity contribution in [3.63, 3.8) is 0 Å². The van der Waals surface area contributed by atoms with Gasteiger partial charge in [0, 0.05) is 17.7 Å². The molecule has 0 aliphatic heterocycles. The summed E-state index contributed by atoms with van der Waals surface area (Å²) in [7, 11) is 1.65. The van der Waals surface area contributed by atoms with Gasteiger partial charge in [-0.1, -0.05) is 41.9 Å². The van der Waals surface area contributed by atoms with Gasteiger partial charge in [-0.15, -0.1) is 0 Å². The molecule has 0 radical (unpaired) electrons. The fourth-order valence-corrected chi connectivity index (χ4v) is 2.15. The molecule has 4 heteroatoms. The van der Waals surface area contributed by atoms with Crippen LogP contribution in [0.2, 0.25) is 5.02 Å². The highest BCUT2D eigenvalue weighted by Crippen LogP contribution is 2.26. The predicted octanol–water partition coefficient (Wildman–Crippen LogP) is 3.75. The molecule has 0 aliphatic carbocycles. The highest BCUT2D eigenvalue weighted by Gasteiger charge is 2.15. The van der Waals surface area contributed by atoms with E-state index in [0.29, 0.717) is 17.2 Å². The van der Waals surface area contributed by atoms with Gasteiger partial charge in [0.25, 0.3) is 0 Å². The number of hydrogen-bond donors (Lipinski definition) is 1. The Balaban J connectivity index is 2.18. The van der Waals surface area contributed by atoms with Gasteiger partial charge in [-0.3, -0.25) is 0 Å². The molecule has 0 saturated carbocycles. The van der Waals surface area contributed by atoms with E-state index in [1.807, 2.05) is 12.1 Å². The second-order valence-corrected chi connectivity index (χ2v) is 4.99. The number of benzene rings is 2. The summed E-state index contributed by atoms with van der Waals surface area (Å²) in [4.78, 5) is 0. The number of halogens is 2. The summed E-state index contributed by atoms with van der Waals surface area (Å²) >= 11 is 5.70. The third kappa shape index (κ3) is 3.57. The topological polar surface area (TPSA) is 29.5 Å². The van der Waals surface area contributed by atoms with Crippen molar-refractivity contribution in [1.82, 2.24) is 0 Å². The summed E-state index contributed by atoms with van der Waals surface area (Å²) < 4.78 is 18.8. The zero-order valence-corrected chi connectivity index (χ0v) is 11.9. The molecule has 2 nitrogen and oxygen atoms in total. The normalized spacial score (nSPS) is 12.4. The van der Waals surface area contributed by atoms with Gasteiger partial charge in [0.05, 0.1) is 6.61 Å². The first-order valence-corrected chi connectivity index (χ1v) is 6.70. The minimum absolute atomic E-state index is 0.221. The van der Waals surface area contributed by atoms with E-state index in [9.17, 15) is 9.50 Å². The quantitative estimate of drug-likeness (QED) is 0.910. The third-order valence-corrected chi connectivity index (χ3v) is 3.38. The van der Waals surface area contributed by atoms with E-state index >= 15 is 0 Å². The van der Waals surface area contributed by atoms with Crippen LogP contribution in [-0.4, -0.2) is 18.8 Å². The molecule has 1 atom stereocenters. The SMILES string of the molecule is COCCc1ccc(C(O)c2ccc(Cl)cc2F)cc1. The van der Waals surface area contributed by atoms with Crippen LogP contribution in [0.25, 0.3) is 0 Å². The van der Waals surface area contributed by atoms with Crippen molar-refractivity contribution < 1.29 is 14.2 Å². The van der Waals surface area contributed by atoms with Crippen LogP contribution in [0.3, 0.4) is 0 Å². The standard InChI is InChI=1S/C16H16ClFO2/c1-20-9-8-11-2-4-12(5-3-11)16(19)14-7-6-13(17)10-15(14)18/h2-7,10,16,19H,8-9H2,1H3. The zero-order chi connectivity index (χ0) is 14.5. The van der Waals surface area contributed by atoms with E-state index in [-0.39, 0.29) is 5.56 Å². The van der Waals surface area contributed by atoms with Crippen LogP contribution in [0.1, 0.15) is 22.8 Å². The van der Waals surface area contributed by atoms with E-state index in [0.717, 1.165) is 12.0 Å². The molecule has 0 aromatic heterocycles. The van der Waals surface area contributed by atoms with Crippen LogP contribution in [0.15, 0.2) is 42.5 Å². The maximum absolute atomic E-state index is 13.8. The van der Waals surface area contributed by atoms with E-state index in [1.165, 1.54) is 12.1 Å². The Morgan fingerprint density at radius 2 is 1.90 bits per heavy atom. The van der Waals surface area contributed by atoms with Gasteiger partial charge in [-0.2, -0.15) is 0 Å². The Kier molecular flexibility index (Phi) is 5.12. The van der Waals surface area contributed by atoms with Crippen molar-refractivity contribution in [2.75, 3.05) is 13.7 Å². The lowest BCUT2D eigenvalue weighted by Gasteiger charge is -2.13. The first-order valence-electron chi connectivity index (χ1n) is 6.32. The number of aliphatic hydroxyl groups excluding tert-OH is 1.